The van der Waals surface area contributed by atoms with Gasteiger partial charge in [0, 0.05) is 23.8 Å². The summed E-state index contributed by atoms with van der Waals surface area (Å²) in [4.78, 5) is 14.8. The second kappa shape index (κ2) is 5.42. The molecule has 0 aliphatic heterocycles. The van der Waals surface area contributed by atoms with Gasteiger partial charge in [-0.25, -0.2) is 4.98 Å². The van der Waals surface area contributed by atoms with Crippen molar-refractivity contribution in [1.29, 1.82) is 0 Å². The van der Waals surface area contributed by atoms with E-state index in [1.54, 1.807) is 23.7 Å². The van der Waals surface area contributed by atoms with Crippen LogP contribution in [0.1, 0.15) is 17.4 Å². The second-order valence-electron chi connectivity index (χ2n) is 4.42. The molecule has 3 aromatic rings. The van der Waals surface area contributed by atoms with Crippen molar-refractivity contribution in [2.75, 3.05) is 11.1 Å². The van der Waals surface area contributed by atoms with Crippen LogP contribution in [0.3, 0.4) is 0 Å². The van der Waals surface area contributed by atoms with Crippen LogP contribution >= 0.6 is 11.3 Å². The van der Waals surface area contributed by atoms with Gasteiger partial charge in [-0.3, -0.25) is 4.98 Å². The normalized spacial score (nSPS) is 10.8. The van der Waals surface area contributed by atoms with Crippen LogP contribution in [0.25, 0.3) is 10.2 Å². The largest absolute Gasteiger partial charge is 0.368 e. The van der Waals surface area contributed by atoms with Crippen molar-refractivity contribution in [3.8, 4) is 0 Å². The number of hydrogen-bond acceptors (Lipinski definition) is 6. The third-order valence-corrected chi connectivity index (χ3v) is 4.19. The van der Waals surface area contributed by atoms with Crippen LogP contribution in [-0.4, -0.2) is 15.0 Å². The smallest absolute Gasteiger partial charge is 0.223 e. The van der Waals surface area contributed by atoms with Gasteiger partial charge in [0.25, 0.3) is 0 Å². The number of nitrogen functional groups attached to an aromatic ring is 1. The summed E-state index contributed by atoms with van der Waals surface area (Å²) in [5.74, 6) is 1.10. The van der Waals surface area contributed by atoms with Crippen molar-refractivity contribution in [2.45, 2.75) is 19.9 Å². The van der Waals surface area contributed by atoms with Crippen LogP contribution in [0.2, 0.25) is 0 Å². The van der Waals surface area contributed by atoms with Gasteiger partial charge >= 0.3 is 0 Å². The molecule has 3 aromatic heterocycles. The highest BCUT2D eigenvalue weighted by Crippen LogP contribution is 2.30. The zero-order valence-corrected chi connectivity index (χ0v) is 11.9. The second-order valence-corrected chi connectivity index (χ2v) is 5.54. The Morgan fingerprint density at radius 2 is 2.05 bits per heavy atom. The third-order valence-electron chi connectivity index (χ3n) is 3.02. The summed E-state index contributed by atoms with van der Waals surface area (Å²) in [6.07, 6.45) is 4.55. The summed E-state index contributed by atoms with van der Waals surface area (Å²) < 4.78 is 0. The number of pyridine rings is 1. The number of nitrogens with one attached hydrogen (secondary N) is 1. The molecule has 0 radical (unpaired) electrons. The minimum absolute atomic E-state index is 0.305. The fraction of sp³-hybridized carbons (Fsp3) is 0.214. The zero-order valence-electron chi connectivity index (χ0n) is 11.1. The first-order chi connectivity index (χ1) is 9.76. The first-order valence-electron chi connectivity index (χ1n) is 6.45. The molecule has 0 atom stereocenters. The van der Waals surface area contributed by atoms with E-state index in [2.05, 4.69) is 33.3 Å². The molecular formula is C14H15N5S. The average molecular weight is 285 g/mol. The summed E-state index contributed by atoms with van der Waals surface area (Å²) in [7, 11) is 0. The molecule has 0 saturated carbocycles. The van der Waals surface area contributed by atoms with Crippen molar-refractivity contribution in [3.05, 3.63) is 41.0 Å². The molecule has 0 fully saturated rings. The number of aromatic nitrogens is 3. The van der Waals surface area contributed by atoms with Crippen LogP contribution in [0.5, 0.6) is 0 Å². The molecule has 0 unspecified atom stereocenters. The van der Waals surface area contributed by atoms with Crippen molar-refractivity contribution in [2.24, 2.45) is 0 Å². The Bertz CT molecular complexity index is 723. The Balaban J connectivity index is 1.92. The maximum absolute atomic E-state index is 5.78. The minimum Gasteiger partial charge on any atom is -0.368 e. The number of nitrogens with zero attached hydrogens (tertiary/aromatic N) is 3. The standard InChI is InChI=1S/C14H15N5S/c1-2-10-7-11-12(18-14(15)19-13(11)20-10)17-8-9-3-5-16-6-4-9/h3-7H,2,8H2,1H3,(H3,15,17,18,19). The molecule has 0 spiro atoms. The summed E-state index contributed by atoms with van der Waals surface area (Å²) >= 11 is 1.67. The number of hydrogen-bond donors (Lipinski definition) is 2. The van der Waals surface area contributed by atoms with Crippen molar-refractivity contribution < 1.29 is 0 Å². The van der Waals surface area contributed by atoms with Crippen molar-refractivity contribution in [1.82, 2.24) is 15.0 Å². The lowest BCUT2D eigenvalue weighted by molar-refractivity contribution is 1.10. The number of nitrogens with two attached hydrogens (primary N) is 1. The number of thiophene rings is 1. The SMILES string of the molecule is CCc1cc2c(NCc3ccncc3)nc(N)nc2s1. The van der Waals surface area contributed by atoms with E-state index in [0.29, 0.717) is 12.5 Å². The predicted molar refractivity (Wildman–Crippen MR) is 82.8 cm³/mol. The van der Waals surface area contributed by atoms with Gasteiger partial charge in [0.2, 0.25) is 5.95 Å². The maximum atomic E-state index is 5.78. The summed E-state index contributed by atoms with van der Waals surface area (Å²) in [6.45, 7) is 2.82. The number of rotatable bonds is 4. The Morgan fingerprint density at radius 1 is 1.25 bits per heavy atom. The molecule has 3 heterocycles. The topological polar surface area (TPSA) is 76.7 Å². The van der Waals surface area contributed by atoms with Crippen LogP contribution in [-0.2, 0) is 13.0 Å². The van der Waals surface area contributed by atoms with Gasteiger partial charge in [0.15, 0.2) is 0 Å². The fourth-order valence-corrected chi connectivity index (χ4v) is 2.96. The van der Waals surface area contributed by atoms with Gasteiger partial charge < -0.3 is 11.1 Å². The molecule has 20 heavy (non-hydrogen) atoms. The zero-order chi connectivity index (χ0) is 13.9. The summed E-state index contributed by atoms with van der Waals surface area (Å²) in [5.41, 5.74) is 6.93. The molecule has 0 aliphatic carbocycles. The maximum Gasteiger partial charge on any atom is 0.223 e. The number of aryl methyl sites for hydroxylation is 1. The average Bonchev–Trinajstić information content (AvgIpc) is 2.88. The lowest BCUT2D eigenvalue weighted by atomic mass is 10.2. The van der Waals surface area contributed by atoms with Crippen LogP contribution in [0, 0.1) is 0 Å². The Morgan fingerprint density at radius 3 is 2.80 bits per heavy atom. The molecule has 5 nitrogen and oxygen atoms in total. The molecule has 0 bridgehead atoms. The Labute approximate surface area is 120 Å². The van der Waals surface area contributed by atoms with E-state index in [1.807, 2.05) is 12.1 Å². The van der Waals surface area contributed by atoms with E-state index in [1.165, 1.54) is 4.88 Å². The van der Waals surface area contributed by atoms with E-state index in [0.717, 1.165) is 28.0 Å². The highest BCUT2D eigenvalue weighted by atomic mass is 32.1. The van der Waals surface area contributed by atoms with Gasteiger partial charge in [0.1, 0.15) is 10.6 Å². The van der Waals surface area contributed by atoms with Gasteiger partial charge in [-0.15, -0.1) is 11.3 Å². The van der Waals surface area contributed by atoms with Gasteiger partial charge in [-0.1, -0.05) is 6.92 Å². The Kier molecular flexibility index (Phi) is 3.47. The molecule has 3 N–H and O–H groups in total. The lowest BCUT2D eigenvalue weighted by Crippen LogP contribution is -2.04. The van der Waals surface area contributed by atoms with Crippen LogP contribution in [0.4, 0.5) is 11.8 Å². The van der Waals surface area contributed by atoms with Crippen molar-refractivity contribution >= 4 is 33.3 Å². The number of fused-ring (bicyclic) bond motifs is 1. The van der Waals surface area contributed by atoms with Crippen LogP contribution in [0.15, 0.2) is 30.6 Å². The van der Waals surface area contributed by atoms with E-state index in [4.69, 9.17) is 5.73 Å². The summed E-state index contributed by atoms with van der Waals surface area (Å²) in [6, 6.07) is 6.08. The molecule has 6 heteroatoms. The first kappa shape index (κ1) is 12.8. The van der Waals surface area contributed by atoms with Gasteiger partial charge in [-0.05, 0) is 30.2 Å². The highest BCUT2D eigenvalue weighted by molar-refractivity contribution is 7.18. The molecule has 0 aromatic carbocycles. The van der Waals surface area contributed by atoms with E-state index in [9.17, 15) is 0 Å². The number of anilines is 2. The van der Waals surface area contributed by atoms with Crippen molar-refractivity contribution in [3.63, 3.8) is 0 Å². The molecule has 0 amide bonds. The first-order valence-corrected chi connectivity index (χ1v) is 7.26. The van der Waals surface area contributed by atoms with E-state index < -0.39 is 0 Å². The summed E-state index contributed by atoms with van der Waals surface area (Å²) in [5, 5.41) is 4.37. The fourth-order valence-electron chi connectivity index (χ4n) is 1.98. The monoisotopic (exact) mass is 285 g/mol. The van der Waals surface area contributed by atoms with E-state index in [-0.39, 0.29) is 0 Å². The van der Waals surface area contributed by atoms with E-state index >= 15 is 0 Å². The Hall–Kier alpha value is -2.21. The predicted octanol–water partition coefficient (Wildman–Crippen LogP) is 2.84. The van der Waals surface area contributed by atoms with Crippen LogP contribution < -0.4 is 11.1 Å². The minimum atomic E-state index is 0.305. The quantitative estimate of drug-likeness (QED) is 0.771. The molecule has 102 valence electrons. The lowest BCUT2D eigenvalue weighted by Gasteiger charge is -2.07. The molecule has 0 saturated heterocycles. The molecule has 0 aliphatic rings. The molecular weight excluding hydrogens is 270 g/mol. The highest BCUT2D eigenvalue weighted by Gasteiger charge is 2.09. The van der Waals surface area contributed by atoms with Gasteiger partial charge in [-0.2, -0.15) is 4.98 Å². The molecule has 3 rings (SSSR count). The van der Waals surface area contributed by atoms with Gasteiger partial charge in [0.05, 0.1) is 5.39 Å². The third kappa shape index (κ3) is 2.55.